The van der Waals surface area contributed by atoms with Crippen molar-refractivity contribution in [2.45, 2.75) is 49.9 Å². The van der Waals surface area contributed by atoms with Gasteiger partial charge in [0.2, 0.25) is 0 Å². The van der Waals surface area contributed by atoms with E-state index in [1.54, 1.807) is 6.33 Å². The van der Waals surface area contributed by atoms with E-state index in [-0.39, 0.29) is 30.1 Å². The second-order valence-corrected chi connectivity index (χ2v) is 10.2. The topological polar surface area (TPSA) is 86.0 Å². The number of nitrogens with zero attached hydrogens (tertiary/aromatic N) is 2. The number of H-pyrrole nitrogens is 2. The van der Waals surface area contributed by atoms with Crippen LogP contribution in [0.3, 0.4) is 0 Å². The number of carbonyl (C=O) groups excluding carboxylic acids is 1. The highest BCUT2D eigenvalue weighted by Crippen LogP contribution is 2.49. The van der Waals surface area contributed by atoms with Gasteiger partial charge in [-0.2, -0.15) is 0 Å². The van der Waals surface area contributed by atoms with Gasteiger partial charge < -0.3 is 20.0 Å². The fourth-order valence-electron chi connectivity index (χ4n) is 6.18. The molecular weight excluding hydrogens is 474 g/mol. The Hall–Kier alpha value is -3.13. The first-order chi connectivity index (χ1) is 17.6. The Kier molecular flexibility index (Phi) is 6.29. The van der Waals surface area contributed by atoms with Gasteiger partial charge in [-0.3, -0.25) is 9.69 Å². The van der Waals surface area contributed by atoms with Crippen molar-refractivity contribution in [1.29, 1.82) is 0 Å². The van der Waals surface area contributed by atoms with Gasteiger partial charge in [-0.25, -0.2) is 4.98 Å². The standard InChI is InChI=1S/C28H30ClN5O2/c1-36-28(35)26-14-22-21-7-2-3-8-23(21)33-27(22)25-13-20(31-10-9-19-15-30-16-32-19)12-24(34(25)26)17-5-4-6-18(29)11-17/h2-8,11,15-16,20,24-26,31,33H,9-10,12-14H2,1H3,(H,30,32)/t20-,24+,25-,26+/m1/s1. The number of esters is 1. The third kappa shape index (κ3) is 4.21. The summed E-state index contributed by atoms with van der Waals surface area (Å²) in [5.74, 6) is -0.186. The van der Waals surface area contributed by atoms with Crippen molar-refractivity contribution in [3.8, 4) is 0 Å². The Morgan fingerprint density at radius 3 is 2.86 bits per heavy atom. The molecule has 0 radical (unpaired) electrons. The zero-order valence-corrected chi connectivity index (χ0v) is 21.0. The van der Waals surface area contributed by atoms with Crippen LogP contribution in [0.15, 0.2) is 61.1 Å². The van der Waals surface area contributed by atoms with Crippen LogP contribution in [0.4, 0.5) is 0 Å². The Balaban J connectivity index is 1.40. The normalized spacial score (nSPS) is 23.8. The van der Waals surface area contributed by atoms with Crippen LogP contribution in [0.5, 0.6) is 0 Å². The summed E-state index contributed by atoms with van der Waals surface area (Å²) >= 11 is 6.44. The first-order valence-corrected chi connectivity index (χ1v) is 12.9. The van der Waals surface area contributed by atoms with E-state index in [9.17, 15) is 4.79 Å². The maximum atomic E-state index is 13.2. The van der Waals surface area contributed by atoms with Crippen LogP contribution >= 0.6 is 11.6 Å². The SMILES string of the molecule is COC(=O)[C@@H]1Cc2c([nH]c3ccccc23)[C@H]2C[C@H](NCCc3cnc[nH]3)C[C@@H](c3cccc(Cl)c3)N21. The van der Waals surface area contributed by atoms with Gasteiger partial charge in [0.15, 0.2) is 0 Å². The van der Waals surface area contributed by atoms with Crippen molar-refractivity contribution in [3.05, 3.63) is 88.6 Å². The molecule has 0 saturated carbocycles. The van der Waals surface area contributed by atoms with Gasteiger partial charge in [-0.15, -0.1) is 0 Å². The van der Waals surface area contributed by atoms with E-state index >= 15 is 0 Å². The van der Waals surface area contributed by atoms with Crippen molar-refractivity contribution in [2.24, 2.45) is 0 Å². The number of aromatic nitrogens is 3. The van der Waals surface area contributed by atoms with Crippen molar-refractivity contribution in [2.75, 3.05) is 13.7 Å². The maximum Gasteiger partial charge on any atom is 0.323 e. The highest BCUT2D eigenvalue weighted by molar-refractivity contribution is 6.30. The van der Waals surface area contributed by atoms with Gasteiger partial charge in [-0.1, -0.05) is 41.9 Å². The molecule has 1 fully saturated rings. The van der Waals surface area contributed by atoms with Gasteiger partial charge in [-0.05, 0) is 42.2 Å². The van der Waals surface area contributed by atoms with Crippen LogP contribution in [-0.2, 0) is 22.4 Å². The van der Waals surface area contributed by atoms with Crippen LogP contribution in [0, 0.1) is 0 Å². The molecule has 0 amide bonds. The molecule has 4 aromatic rings. The maximum absolute atomic E-state index is 13.2. The summed E-state index contributed by atoms with van der Waals surface area (Å²) in [6.07, 6.45) is 6.87. The minimum atomic E-state index is -0.360. The molecule has 0 spiro atoms. The highest BCUT2D eigenvalue weighted by atomic mass is 35.5. The number of piperidine rings is 1. The predicted molar refractivity (Wildman–Crippen MR) is 140 cm³/mol. The minimum absolute atomic E-state index is 0.0239. The van der Waals surface area contributed by atoms with Crippen molar-refractivity contribution in [3.63, 3.8) is 0 Å². The van der Waals surface area contributed by atoms with Crippen molar-refractivity contribution in [1.82, 2.24) is 25.2 Å². The first-order valence-electron chi connectivity index (χ1n) is 12.5. The summed E-state index contributed by atoms with van der Waals surface area (Å²) in [7, 11) is 1.49. The lowest BCUT2D eigenvalue weighted by atomic mass is 9.79. The largest absolute Gasteiger partial charge is 0.468 e. The molecule has 8 heteroatoms. The monoisotopic (exact) mass is 503 g/mol. The quantitative estimate of drug-likeness (QED) is 0.331. The molecule has 36 heavy (non-hydrogen) atoms. The van der Waals surface area contributed by atoms with Crippen LogP contribution < -0.4 is 5.32 Å². The molecule has 186 valence electrons. The molecule has 2 aliphatic heterocycles. The Bertz CT molecular complexity index is 1370. The second kappa shape index (κ2) is 9.73. The van der Waals surface area contributed by atoms with Gasteiger partial charge in [0, 0.05) is 65.0 Å². The molecule has 7 nitrogen and oxygen atoms in total. The Morgan fingerprint density at radius 1 is 1.19 bits per heavy atom. The number of rotatable bonds is 6. The van der Waals surface area contributed by atoms with E-state index in [4.69, 9.17) is 16.3 Å². The van der Waals surface area contributed by atoms with E-state index in [0.29, 0.717) is 11.4 Å². The highest BCUT2D eigenvalue weighted by Gasteiger charge is 2.48. The third-order valence-electron chi connectivity index (χ3n) is 7.76. The number of ether oxygens (including phenoxy) is 1. The number of aromatic amines is 2. The van der Waals surface area contributed by atoms with Gasteiger partial charge in [0.05, 0.1) is 19.5 Å². The zero-order chi connectivity index (χ0) is 24.6. The zero-order valence-electron chi connectivity index (χ0n) is 20.2. The Morgan fingerprint density at radius 2 is 2.06 bits per heavy atom. The number of nitrogens with one attached hydrogen (secondary N) is 3. The van der Waals surface area contributed by atoms with Gasteiger partial charge in [0.1, 0.15) is 6.04 Å². The first kappa shape index (κ1) is 23.3. The molecule has 4 heterocycles. The average molecular weight is 504 g/mol. The minimum Gasteiger partial charge on any atom is -0.468 e. The number of methoxy groups -OCH3 is 1. The van der Waals surface area contributed by atoms with Gasteiger partial charge >= 0.3 is 5.97 Å². The molecular formula is C28H30ClN5O2. The molecule has 3 N–H and O–H groups in total. The predicted octanol–water partition coefficient (Wildman–Crippen LogP) is 4.72. The smallest absolute Gasteiger partial charge is 0.323 e. The van der Waals surface area contributed by atoms with E-state index in [1.165, 1.54) is 23.8 Å². The van der Waals surface area contributed by atoms with Crippen LogP contribution in [0.2, 0.25) is 5.02 Å². The average Bonchev–Trinajstić information content (AvgIpc) is 3.55. The van der Waals surface area contributed by atoms with Crippen molar-refractivity contribution < 1.29 is 9.53 Å². The lowest BCUT2D eigenvalue weighted by Gasteiger charge is -2.50. The van der Waals surface area contributed by atoms with E-state index < -0.39 is 0 Å². The number of hydrogen-bond acceptors (Lipinski definition) is 5. The van der Waals surface area contributed by atoms with E-state index in [2.05, 4.69) is 55.5 Å². The lowest BCUT2D eigenvalue weighted by molar-refractivity contribution is -0.152. The summed E-state index contributed by atoms with van der Waals surface area (Å²) in [6, 6.07) is 16.4. The van der Waals surface area contributed by atoms with E-state index in [0.717, 1.165) is 42.6 Å². The molecule has 4 atom stereocenters. The lowest BCUT2D eigenvalue weighted by Crippen LogP contribution is -2.55. The van der Waals surface area contributed by atoms with Crippen LogP contribution in [-0.4, -0.2) is 51.6 Å². The summed E-state index contributed by atoms with van der Waals surface area (Å²) in [6.45, 7) is 0.849. The fourth-order valence-corrected chi connectivity index (χ4v) is 6.38. The molecule has 1 saturated heterocycles. The Labute approximate surface area is 215 Å². The number of imidazole rings is 1. The fraction of sp³-hybridized carbons (Fsp3) is 0.357. The molecule has 0 aliphatic carbocycles. The van der Waals surface area contributed by atoms with Crippen molar-refractivity contribution >= 4 is 28.5 Å². The number of halogens is 1. The molecule has 0 unspecified atom stereocenters. The van der Waals surface area contributed by atoms with Crippen LogP contribution in [0.25, 0.3) is 10.9 Å². The summed E-state index contributed by atoms with van der Waals surface area (Å²) in [5.41, 5.74) is 5.80. The molecule has 2 aromatic carbocycles. The number of benzene rings is 2. The molecule has 0 bridgehead atoms. The number of para-hydroxylation sites is 1. The summed E-state index contributed by atoms with van der Waals surface area (Å²) in [4.78, 5) is 26.6. The van der Waals surface area contributed by atoms with Gasteiger partial charge in [0.25, 0.3) is 0 Å². The molecule has 2 aliphatic rings. The molecule has 2 aromatic heterocycles. The second-order valence-electron chi connectivity index (χ2n) is 9.79. The van der Waals surface area contributed by atoms with E-state index in [1.807, 2.05) is 24.4 Å². The number of fused-ring (bicyclic) bond motifs is 5. The summed E-state index contributed by atoms with van der Waals surface area (Å²) < 4.78 is 5.34. The third-order valence-corrected chi connectivity index (χ3v) is 8.00. The summed E-state index contributed by atoms with van der Waals surface area (Å²) in [5, 5.41) is 5.69. The number of carbonyl (C=O) groups is 1. The van der Waals surface area contributed by atoms with Crippen LogP contribution in [0.1, 0.15) is 47.4 Å². The number of hydrogen-bond donors (Lipinski definition) is 3. The molecule has 6 rings (SSSR count).